The van der Waals surface area contributed by atoms with Crippen LogP contribution in [0.4, 0.5) is 0 Å². The van der Waals surface area contributed by atoms with E-state index >= 15 is 0 Å². The molecule has 2 aromatic carbocycles. The Kier molecular flexibility index (Phi) is 2.88. The minimum Gasteiger partial charge on any atom is -0.323 e. The lowest BCUT2D eigenvalue weighted by molar-refractivity contribution is 0.623. The van der Waals surface area contributed by atoms with Gasteiger partial charge in [-0.2, -0.15) is 0 Å². The lowest BCUT2D eigenvalue weighted by atomic mass is 10.1. The number of hydrogen-bond acceptors (Lipinski definition) is 2. The molecule has 0 fully saturated rings. The van der Waals surface area contributed by atoms with Crippen molar-refractivity contribution in [2.75, 3.05) is 0 Å². The molecule has 4 heteroatoms. The molecule has 0 amide bonds. The predicted molar refractivity (Wildman–Crippen MR) is 96.5 cm³/mol. The molecule has 4 nitrogen and oxygen atoms in total. The van der Waals surface area contributed by atoms with Gasteiger partial charge in [0.1, 0.15) is 6.33 Å². The van der Waals surface area contributed by atoms with Gasteiger partial charge >= 0.3 is 0 Å². The molecule has 116 valence electrons. The summed E-state index contributed by atoms with van der Waals surface area (Å²) in [5.41, 5.74) is 5.55. The Labute approximate surface area is 139 Å². The van der Waals surface area contributed by atoms with E-state index in [9.17, 15) is 0 Å². The Bertz CT molecular complexity index is 1100. The molecule has 2 aromatic heterocycles. The molecule has 1 aliphatic rings. The topological polar surface area (TPSA) is 35.6 Å². The molecular formula is C20H16N4. The quantitative estimate of drug-likeness (QED) is 0.549. The Morgan fingerprint density at radius 1 is 0.833 bits per heavy atom. The van der Waals surface area contributed by atoms with E-state index < -0.39 is 0 Å². The van der Waals surface area contributed by atoms with Crippen molar-refractivity contribution in [2.45, 2.75) is 12.5 Å². The highest BCUT2D eigenvalue weighted by molar-refractivity contribution is 5.81. The maximum Gasteiger partial charge on any atom is 0.100 e. The maximum atomic E-state index is 4.50. The van der Waals surface area contributed by atoms with Crippen LogP contribution in [-0.4, -0.2) is 19.1 Å². The number of benzene rings is 2. The average molecular weight is 312 g/mol. The van der Waals surface area contributed by atoms with Crippen molar-refractivity contribution in [3.05, 3.63) is 79.4 Å². The molecule has 0 N–H and O–H groups in total. The third kappa shape index (κ3) is 2.00. The summed E-state index contributed by atoms with van der Waals surface area (Å²) in [7, 11) is 0. The van der Waals surface area contributed by atoms with Crippen LogP contribution < -0.4 is 0 Å². The van der Waals surface area contributed by atoms with Gasteiger partial charge in [-0.25, -0.2) is 9.97 Å². The van der Waals surface area contributed by atoms with Crippen molar-refractivity contribution in [3.63, 3.8) is 0 Å². The van der Waals surface area contributed by atoms with Crippen molar-refractivity contribution >= 4 is 27.8 Å². The van der Waals surface area contributed by atoms with Crippen LogP contribution >= 0.6 is 0 Å². The molecule has 0 saturated heterocycles. The van der Waals surface area contributed by atoms with Crippen LogP contribution in [0.1, 0.15) is 12.5 Å². The summed E-state index contributed by atoms with van der Waals surface area (Å²) in [5, 5.41) is 0. The summed E-state index contributed by atoms with van der Waals surface area (Å²) in [5.74, 6) is 0. The zero-order valence-corrected chi connectivity index (χ0v) is 13.1. The Morgan fingerprint density at radius 2 is 1.54 bits per heavy atom. The molecule has 5 rings (SSSR count). The number of nitrogens with zero attached hydrogens (tertiary/aromatic N) is 4. The highest BCUT2D eigenvalue weighted by Gasteiger charge is 2.15. The molecule has 24 heavy (non-hydrogen) atoms. The van der Waals surface area contributed by atoms with Crippen molar-refractivity contribution in [1.29, 1.82) is 0 Å². The second-order valence-corrected chi connectivity index (χ2v) is 6.03. The van der Waals surface area contributed by atoms with Crippen LogP contribution in [0.3, 0.4) is 0 Å². The number of imidazole rings is 2. The summed E-state index contributed by atoms with van der Waals surface area (Å²) in [6, 6.07) is 16.8. The fourth-order valence-corrected chi connectivity index (χ4v) is 3.39. The first-order valence-electron chi connectivity index (χ1n) is 8.12. The number of hydrogen-bond donors (Lipinski definition) is 0. The minimum atomic E-state index is 0.302. The first-order valence-corrected chi connectivity index (χ1v) is 8.12. The van der Waals surface area contributed by atoms with Gasteiger partial charge in [-0.3, -0.25) is 4.57 Å². The van der Waals surface area contributed by atoms with E-state index in [0.29, 0.717) is 6.04 Å². The number of para-hydroxylation sites is 4. The smallest absolute Gasteiger partial charge is 0.100 e. The molecule has 1 aliphatic carbocycles. The zero-order valence-electron chi connectivity index (χ0n) is 13.1. The largest absolute Gasteiger partial charge is 0.323 e. The Hall–Kier alpha value is -3.14. The van der Waals surface area contributed by atoms with E-state index in [1.165, 1.54) is 11.2 Å². The molecule has 0 spiro atoms. The van der Waals surface area contributed by atoms with Crippen LogP contribution in [0.15, 0.2) is 79.4 Å². The van der Waals surface area contributed by atoms with Crippen molar-refractivity contribution in [3.8, 4) is 0 Å². The Balaban J connectivity index is 1.49. The lowest BCUT2D eigenvalue weighted by Gasteiger charge is -2.19. The summed E-state index contributed by atoms with van der Waals surface area (Å²) in [4.78, 5) is 8.97. The zero-order chi connectivity index (χ0) is 15.9. The summed E-state index contributed by atoms with van der Waals surface area (Å²) in [6.07, 6.45) is 11.5. The first kappa shape index (κ1) is 13.3. The van der Waals surface area contributed by atoms with Crippen LogP contribution in [0.5, 0.6) is 0 Å². The molecule has 1 unspecified atom stereocenters. The SMILES string of the molecule is C1=CC(n2cnc3ccccc32)CC=C1n1cnc2ccccc21. The normalized spacial score (nSPS) is 17.5. The van der Waals surface area contributed by atoms with Crippen molar-refractivity contribution in [2.24, 2.45) is 0 Å². The number of aromatic nitrogens is 4. The second kappa shape index (κ2) is 5.20. The highest BCUT2D eigenvalue weighted by Crippen LogP contribution is 2.28. The summed E-state index contributed by atoms with van der Waals surface area (Å²) in [6.45, 7) is 0. The summed E-state index contributed by atoms with van der Waals surface area (Å²) < 4.78 is 4.39. The van der Waals surface area contributed by atoms with E-state index in [4.69, 9.17) is 0 Å². The van der Waals surface area contributed by atoms with E-state index in [1.54, 1.807) is 0 Å². The van der Waals surface area contributed by atoms with E-state index in [0.717, 1.165) is 23.0 Å². The Morgan fingerprint density at radius 3 is 2.33 bits per heavy atom. The van der Waals surface area contributed by atoms with Crippen molar-refractivity contribution < 1.29 is 0 Å². The second-order valence-electron chi connectivity index (χ2n) is 6.03. The van der Waals surface area contributed by atoms with Crippen LogP contribution in [-0.2, 0) is 0 Å². The van der Waals surface area contributed by atoms with Crippen LogP contribution in [0.25, 0.3) is 27.8 Å². The van der Waals surface area contributed by atoms with Crippen molar-refractivity contribution in [1.82, 2.24) is 19.1 Å². The average Bonchev–Trinajstić information content (AvgIpc) is 3.26. The molecular weight excluding hydrogens is 296 g/mol. The van der Waals surface area contributed by atoms with Gasteiger partial charge in [0.15, 0.2) is 0 Å². The van der Waals surface area contributed by atoms with Gasteiger partial charge in [-0.05, 0) is 36.8 Å². The lowest BCUT2D eigenvalue weighted by Crippen LogP contribution is -2.08. The minimum absolute atomic E-state index is 0.302. The van der Waals surface area contributed by atoms with Crippen LogP contribution in [0, 0.1) is 0 Å². The van der Waals surface area contributed by atoms with E-state index in [2.05, 4.69) is 61.6 Å². The van der Waals surface area contributed by atoms with Gasteiger partial charge < -0.3 is 4.57 Å². The highest BCUT2D eigenvalue weighted by atomic mass is 15.1. The molecule has 2 heterocycles. The number of fused-ring (bicyclic) bond motifs is 2. The number of allylic oxidation sites excluding steroid dienone is 4. The van der Waals surface area contributed by atoms with Gasteiger partial charge in [0.25, 0.3) is 0 Å². The molecule has 0 saturated carbocycles. The molecule has 0 bridgehead atoms. The number of rotatable bonds is 2. The van der Waals surface area contributed by atoms with Gasteiger partial charge in [0.05, 0.1) is 34.4 Å². The van der Waals surface area contributed by atoms with Crippen LogP contribution in [0.2, 0.25) is 0 Å². The summed E-state index contributed by atoms with van der Waals surface area (Å²) >= 11 is 0. The van der Waals surface area contributed by atoms with Gasteiger partial charge in [-0.15, -0.1) is 0 Å². The van der Waals surface area contributed by atoms with E-state index in [1.807, 2.05) is 36.9 Å². The van der Waals surface area contributed by atoms with Gasteiger partial charge in [-0.1, -0.05) is 36.4 Å². The standard InChI is InChI=1S/C20H16N4/c1-3-7-19-17(5-1)21-13-23(19)15-9-11-16(12-10-15)24-14-22-18-6-2-4-8-20(18)24/h1-11,13-14,16H,12H2. The molecule has 4 aromatic rings. The fourth-order valence-electron chi connectivity index (χ4n) is 3.39. The molecule has 0 aliphatic heterocycles. The van der Waals surface area contributed by atoms with E-state index in [-0.39, 0.29) is 0 Å². The maximum absolute atomic E-state index is 4.50. The molecule has 0 radical (unpaired) electrons. The third-order valence-electron chi connectivity index (χ3n) is 4.63. The monoisotopic (exact) mass is 312 g/mol. The van der Waals surface area contributed by atoms with Gasteiger partial charge in [0.2, 0.25) is 0 Å². The predicted octanol–water partition coefficient (Wildman–Crippen LogP) is 4.43. The van der Waals surface area contributed by atoms with Gasteiger partial charge in [0, 0.05) is 5.70 Å². The fraction of sp³-hybridized carbons (Fsp3) is 0.100. The first-order chi connectivity index (χ1) is 11.9. The molecule has 1 atom stereocenters. The third-order valence-corrected chi connectivity index (χ3v) is 4.63.